The summed E-state index contributed by atoms with van der Waals surface area (Å²) in [6.07, 6.45) is 0.427. The minimum Gasteiger partial charge on any atom is -0.399 e. The predicted octanol–water partition coefficient (Wildman–Crippen LogP) is 1.61. The van der Waals surface area contributed by atoms with Gasteiger partial charge in [0.2, 0.25) is 5.78 Å². The Morgan fingerprint density at radius 3 is 2.87 bits per heavy atom. The van der Waals surface area contributed by atoms with Crippen molar-refractivity contribution in [2.24, 2.45) is 0 Å². The Balaban J connectivity index is 2.14. The summed E-state index contributed by atoms with van der Waals surface area (Å²) >= 11 is 0. The number of anilines is 1. The van der Waals surface area contributed by atoms with Gasteiger partial charge in [0.25, 0.3) is 0 Å². The minimum atomic E-state index is -0.548. The van der Waals surface area contributed by atoms with Crippen LogP contribution < -0.4 is 5.73 Å². The molecule has 0 spiro atoms. The molecule has 1 aliphatic heterocycles. The molecule has 23 heavy (non-hydrogen) atoms. The first-order valence-electron chi connectivity index (χ1n) is 7.70. The van der Waals surface area contributed by atoms with Crippen LogP contribution in [-0.2, 0) is 16.1 Å². The van der Waals surface area contributed by atoms with E-state index in [1.807, 2.05) is 38.4 Å². The van der Waals surface area contributed by atoms with E-state index in [0.717, 1.165) is 22.9 Å². The lowest BCUT2D eigenvalue weighted by Crippen LogP contribution is -2.40. The molecule has 0 aromatic heterocycles. The smallest absolute Gasteiger partial charge is 0.216 e. The summed E-state index contributed by atoms with van der Waals surface area (Å²) in [5.74, 6) is -0.412. The lowest BCUT2D eigenvalue weighted by Gasteiger charge is -2.36. The molecule has 5 nitrogen and oxygen atoms in total. The van der Waals surface area contributed by atoms with Crippen molar-refractivity contribution < 1.29 is 9.59 Å². The van der Waals surface area contributed by atoms with Gasteiger partial charge in [-0.15, -0.1) is 0 Å². The average Bonchev–Trinajstić information content (AvgIpc) is 2.52. The summed E-state index contributed by atoms with van der Waals surface area (Å²) in [6.45, 7) is 2.19. The van der Waals surface area contributed by atoms with Gasteiger partial charge in [-0.3, -0.25) is 14.5 Å². The maximum absolute atomic E-state index is 12.3. The third-order valence-electron chi connectivity index (χ3n) is 4.37. The number of carbonyl (C=O) groups is 2. The lowest BCUT2D eigenvalue weighted by molar-refractivity contribution is -0.134. The fraction of sp³-hybridized carbons (Fsp3) is 0.333. The van der Waals surface area contributed by atoms with E-state index in [1.54, 1.807) is 0 Å². The summed E-state index contributed by atoms with van der Waals surface area (Å²) in [5, 5.41) is 2.08. The number of hydrogen-bond donors (Lipinski definition) is 1. The van der Waals surface area contributed by atoms with Crippen LogP contribution in [-0.4, -0.2) is 49.1 Å². The van der Waals surface area contributed by atoms with E-state index in [0.29, 0.717) is 25.1 Å². The van der Waals surface area contributed by atoms with E-state index in [-0.39, 0.29) is 0 Å². The summed E-state index contributed by atoms with van der Waals surface area (Å²) in [4.78, 5) is 27.6. The molecular weight excluding hydrogens is 290 g/mol. The van der Waals surface area contributed by atoms with Crippen molar-refractivity contribution in [1.29, 1.82) is 0 Å². The Hall–Kier alpha value is -2.24. The first kappa shape index (κ1) is 15.6. The van der Waals surface area contributed by atoms with Gasteiger partial charge < -0.3 is 10.6 Å². The molecule has 1 aliphatic rings. The van der Waals surface area contributed by atoms with Crippen LogP contribution in [0.3, 0.4) is 0 Å². The predicted molar refractivity (Wildman–Crippen MR) is 91.1 cm³/mol. The van der Waals surface area contributed by atoms with Crippen molar-refractivity contribution in [2.75, 3.05) is 32.9 Å². The van der Waals surface area contributed by atoms with Crippen LogP contribution >= 0.6 is 0 Å². The lowest BCUT2D eigenvalue weighted by atomic mass is 9.87. The zero-order valence-corrected chi connectivity index (χ0v) is 13.5. The molecule has 0 saturated carbocycles. The maximum atomic E-state index is 12.3. The number of nitrogens with zero attached hydrogens (tertiary/aromatic N) is 2. The fourth-order valence-electron chi connectivity index (χ4n) is 3.35. The van der Waals surface area contributed by atoms with Gasteiger partial charge in [0.15, 0.2) is 6.29 Å². The van der Waals surface area contributed by atoms with Crippen molar-refractivity contribution >= 4 is 28.5 Å². The number of rotatable bonds is 5. The number of aldehydes is 1. The highest BCUT2D eigenvalue weighted by atomic mass is 16.2. The van der Waals surface area contributed by atoms with Gasteiger partial charge in [-0.05, 0) is 48.1 Å². The molecule has 1 unspecified atom stereocenters. The van der Waals surface area contributed by atoms with E-state index in [9.17, 15) is 9.59 Å². The zero-order valence-electron chi connectivity index (χ0n) is 13.5. The average molecular weight is 311 g/mol. The first-order chi connectivity index (χ1) is 11.0. The topological polar surface area (TPSA) is 66.6 Å². The molecule has 1 heterocycles. The molecular formula is C18H21N3O2. The number of benzene rings is 2. The van der Waals surface area contributed by atoms with Gasteiger partial charge in [-0.1, -0.05) is 18.2 Å². The van der Waals surface area contributed by atoms with Crippen molar-refractivity contribution in [1.82, 2.24) is 9.80 Å². The van der Waals surface area contributed by atoms with Gasteiger partial charge in [0, 0.05) is 25.3 Å². The van der Waals surface area contributed by atoms with Crippen LogP contribution in [0.1, 0.15) is 17.2 Å². The summed E-state index contributed by atoms with van der Waals surface area (Å²) < 4.78 is 0. The number of nitrogens with two attached hydrogens (primary N) is 1. The second-order valence-corrected chi connectivity index (χ2v) is 6.32. The Morgan fingerprint density at radius 1 is 1.39 bits per heavy atom. The monoisotopic (exact) mass is 311 g/mol. The Kier molecular flexibility index (Phi) is 4.15. The fourth-order valence-corrected chi connectivity index (χ4v) is 3.35. The molecule has 2 aromatic rings. The van der Waals surface area contributed by atoms with Gasteiger partial charge in [-0.25, -0.2) is 0 Å². The molecule has 0 fully saturated rings. The molecule has 5 heteroatoms. The minimum absolute atomic E-state index is 0.412. The van der Waals surface area contributed by atoms with E-state index >= 15 is 0 Å². The molecule has 2 aromatic carbocycles. The van der Waals surface area contributed by atoms with Crippen LogP contribution in [0.2, 0.25) is 0 Å². The van der Waals surface area contributed by atoms with Gasteiger partial charge in [-0.2, -0.15) is 0 Å². The van der Waals surface area contributed by atoms with Crippen molar-refractivity contribution in [2.45, 2.75) is 12.6 Å². The molecule has 0 radical (unpaired) electrons. The van der Waals surface area contributed by atoms with Crippen molar-refractivity contribution in [3.8, 4) is 0 Å². The van der Waals surface area contributed by atoms with Crippen LogP contribution in [0.5, 0.6) is 0 Å². The van der Waals surface area contributed by atoms with Crippen LogP contribution in [0.15, 0.2) is 30.3 Å². The third kappa shape index (κ3) is 2.85. The molecule has 120 valence electrons. The summed E-state index contributed by atoms with van der Waals surface area (Å²) in [5.41, 5.74) is 8.65. The second-order valence-electron chi connectivity index (χ2n) is 6.32. The number of carbonyl (C=O) groups excluding carboxylic acids is 2. The van der Waals surface area contributed by atoms with Crippen molar-refractivity contribution in [3.63, 3.8) is 0 Å². The van der Waals surface area contributed by atoms with Crippen LogP contribution in [0.4, 0.5) is 5.69 Å². The molecule has 0 aliphatic carbocycles. The van der Waals surface area contributed by atoms with E-state index in [1.165, 1.54) is 5.56 Å². The molecule has 0 bridgehead atoms. The van der Waals surface area contributed by atoms with E-state index < -0.39 is 11.8 Å². The largest absolute Gasteiger partial charge is 0.399 e. The number of nitrogen functional groups attached to an aromatic ring is 1. The maximum Gasteiger partial charge on any atom is 0.216 e. The summed E-state index contributed by atoms with van der Waals surface area (Å²) in [7, 11) is 3.99. The SMILES string of the molecule is CN(C)CCN1Cc2cccc3cc(N)cc(c23)C1C(=O)C=O. The number of ketones is 1. The third-order valence-corrected chi connectivity index (χ3v) is 4.37. The number of likely N-dealkylation sites (N-methyl/N-ethyl adjacent to an activating group) is 1. The molecule has 1 atom stereocenters. The first-order valence-corrected chi connectivity index (χ1v) is 7.70. The van der Waals surface area contributed by atoms with Gasteiger partial charge in [0.05, 0.1) is 0 Å². The normalized spacial score (nSPS) is 17.6. The number of hydrogen-bond acceptors (Lipinski definition) is 5. The Bertz CT molecular complexity index is 770. The van der Waals surface area contributed by atoms with Gasteiger partial charge in [0.1, 0.15) is 6.04 Å². The highest BCUT2D eigenvalue weighted by Crippen LogP contribution is 2.38. The highest BCUT2D eigenvalue weighted by Gasteiger charge is 2.33. The Morgan fingerprint density at radius 2 is 2.17 bits per heavy atom. The number of Topliss-reactive ketones (excluding diaryl/α,β-unsaturated/α-hetero) is 1. The Labute approximate surface area is 135 Å². The molecule has 3 rings (SSSR count). The highest BCUT2D eigenvalue weighted by molar-refractivity contribution is 6.28. The van der Waals surface area contributed by atoms with Crippen LogP contribution in [0.25, 0.3) is 10.8 Å². The zero-order chi connectivity index (χ0) is 16.6. The van der Waals surface area contributed by atoms with Gasteiger partial charge >= 0.3 is 0 Å². The van der Waals surface area contributed by atoms with E-state index in [2.05, 4.69) is 15.9 Å². The second kappa shape index (κ2) is 6.10. The molecule has 0 amide bonds. The molecule has 0 saturated heterocycles. The van der Waals surface area contributed by atoms with Crippen molar-refractivity contribution in [3.05, 3.63) is 41.5 Å². The summed E-state index contributed by atoms with van der Waals surface area (Å²) in [6, 6.07) is 9.28. The van der Waals surface area contributed by atoms with E-state index in [4.69, 9.17) is 5.73 Å². The standard InChI is InChI=1S/C18H21N3O2/c1-20(2)6-7-21-10-13-5-3-4-12-8-14(19)9-15(17(12)13)18(21)16(23)11-22/h3-5,8-9,11,18H,6-7,10,19H2,1-2H3. The quantitative estimate of drug-likeness (QED) is 0.516. The van der Waals surface area contributed by atoms with Crippen LogP contribution in [0, 0.1) is 0 Å². The molecule has 2 N–H and O–H groups in total.